The van der Waals surface area contributed by atoms with Gasteiger partial charge in [-0.25, -0.2) is 9.59 Å². The van der Waals surface area contributed by atoms with Gasteiger partial charge >= 0.3 is 11.9 Å². The Hall–Kier alpha value is -4.87. The number of carbonyl (C=O) groups excluding carboxylic acids is 3. The number of carboxylic acid groups (broad SMARTS) is 1. The van der Waals surface area contributed by atoms with Gasteiger partial charge in [-0.05, 0) is 48.2 Å². The number of ketones is 1. The minimum Gasteiger partial charge on any atom is -0.489 e. The molecule has 4 aliphatic heterocycles. The molecule has 1 N–H and O–H groups in total. The first-order valence-corrected chi connectivity index (χ1v) is 17.0. The van der Waals surface area contributed by atoms with Crippen LogP contribution in [-0.4, -0.2) is 51.4 Å². The maximum Gasteiger partial charge on any atom is 0.352 e. The van der Waals surface area contributed by atoms with Crippen molar-refractivity contribution >= 4 is 46.7 Å². The molecule has 1 spiro atoms. The van der Waals surface area contributed by atoms with Gasteiger partial charge in [0.1, 0.15) is 35.3 Å². The topological polar surface area (TPSA) is 119 Å². The lowest BCUT2D eigenvalue weighted by Gasteiger charge is -2.49. The van der Waals surface area contributed by atoms with Crippen molar-refractivity contribution in [3.05, 3.63) is 122 Å². The Morgan fingerprint density at radius 3 is 2.57 bits per heavy atom. The fourth-order valence-electron chi connectivity index (χ4n) is 6.88. The molecule has 1 aromatic heterocycles. The zero-order valence-corrected chi connectivity index (χ0v) is 26.7. The van der Waals surface area contributed by atoms with Crippen molar-refractivity contribution in [3.63, 3.8) is 0 Å². The Labute approximate surface area is 277 Å². The van der Waals surface area contributed by atoms with Crippen LogP contribution in [0.3, 0.4) is 0 Å². The number of Topliss-reactive ketones (excluding diaryl/α,β-unsaturated/α-hetero) is 1. The number of aliphatic carboxylic acids is 1. The highest BCUT2D eigenvalue weighted by molar-refractivity contribution is 8.00. The molecule has 4 aromatic rings. The third-order valence-corrected chi connectivity index (χ3v) is 11.3. The molecule has 47 heavy (non-hydrogen) atoms. The summed E-state index contributed by atoms with van der Waals surface area (Å²) in [5.74, 6) is -0.801. The second kappa shape index (κ2) is 11.1. The van der Waals surface area contributed by atoms with E-state index in [4.69, 9.17) is 14.2 Å². The molecule has 0 saturated carbocycles. The number of β-lactam (4-membered cyclic amide) rings is 1. The highest BCUT2D eigenvalue weighted by atomic mass is 32.2. The fraction of sp³-hybridized carbons (Fsp3) is 0.222. The summed E-state index contributed by atoms with van der Waals surface area (Å²) in [4.78, 5) is 53.6. The quantitative estimate of drug-likeness (QED) is 0.177. The van der Waals surface area contributed by atoms with E-state index in [1.54, 1.807) is 30.3 Å². The van der Waals surface area contributed by atoms with Crippen LogP contribution in [0.4, 0.5) is 0 Å². The summed E-state index contributed by atoms with van der Waals surface area (Å²) >= 11 is 2.94. The van der Waals surface area contributed by atoms with Gasteiger partial charge < -0.3 is 19.3 Å². The number of amides is 1. The van der Waals surface area contributed by atoms with Crippen molar-refractivity contribution in [2.24, 2.45) is 5.92 Å². The number of benzene rings is 3. The van der Waals surface area contributed by atoms with Gasteiger partial charge in [0.15, 0.2) is 5.60 Å². The van der Waals surface area contributed by atoms with Gasteiger partial charge in [0.25, 0.3) is 0 Å². The first-order chi connectivity index (χ1) is 22.7. The molecule has 0 aliphatic carbocycles. The van der Waals surface area contributed by atoms with E-state index in [0.717, 1.165) is 21.6 Å². The number of carboxylic acids is 1. The summed E-state index contributed by atoms with van der Waals surface area (Å²) in [5.41, 5.74) is 2.73. The molecule has 3 atom stereocenters. The molecule has 1 saturated heterocycles. The number of nitrogens with zero attached hydrogens (tertiary/aromatic N) is 1. The van der Waals surface area contributed by atoms with Crippen LogP contribution in [0.2, 0.25) is 0 Å². The Morgan fingerprint density at radius 1 is 1.00 bits per heavy atom. The summed E-state index contributed by atoms with van der Waals surface area (Å²) < 4.78 is 18.7. The van der Waals surface area contributed by atoms with Crippen molar-refractivity contribution in [1.82, 2.24) is 4.90 Å². The SMILES string of the molecule is Cc1ccc2c(c1)Oc1cc(OCC3=C(C(=O)O)N4C(=O)C(CC(=O)Cc5cccs5)C4SC3)ccc1C21OC(=O)c2ccccc21. The van der Waals surface area contributed by atoms with E-state index in [9.17, 15) is 24.3 Å². The van der Waals surface area contributed by atoms with E-state index in [0.29, 0.717) is 39.7 Å². The van der Waals surface area contributed by atoms with E-state index in [-0.39, 0.29) is 36.8 Å². The van der Waals surface area contributed by atoms with E-state index < -0.39 is 28.8 Å². The van der Waals surface area contributed by atoms with Gasteiger partial charge in [-0.3, -0.25) is 14.5 Å². The van der Waals surface area contributed by atoms with Crippen molar-refractivity contribution in [2.75, 3.05) is 12.4 Å². The van der Waals surface area contributed by atoms with E-state index in [2.05, 4.69) is 0 Å². The average Bonchev–Trinajstić information content (AvgIpc) is 3.68. The monoisotopic (exact) mass is 665 g/mol. The van der Waals surface area contributed by atoms with Gasteiger partial charge in [0, 0.05) is 51.8 Å². The van der Waals surface area contributed by atoms with Crippen LogP contribution in [0.15, 0.2) is 89.4 Å². The number of esters is 1. The van der Waals surface area contributed by atoms with Crippen LogP contribution in [0, 0.1) is 12.8 Å². The fourth-order valence-corrected chi connectivity index (χ4v) is 9.01. The predicted octanol–water partition coefficient (Wildman–Crippen LogP) is 6.08. The molecule has 9 nitrogen and oxygen atoms in total. The number of hydrogen-bond donors (Lipinski definition) is 1. The Balaban J connectivity index is 1.05. The molecular weight excluding hydrogens is 639 g/mol. The second-order valence-corrected chi connectivity index (χ2v) is 14.1. The molecule has 1 amide bonds. The maximum absolute atomic E-state index is 13.2. The van der Waals surface area contributed by atoms with Crippen molar-refractivity contribution in [3.8, 4) is 17.2 Å². The first-order valence-electron chi connectivity index (χ1n) is 15.1. The molecule has 0 bridgehead atoms. The normalized spacial score (nSPS) is 22.0. The molecule has 5 heterocycles. The highest BCUT2D eigenvalue weighted by Crippen LogP contribution is 2.56. The summed E-state index contributed by atoms with van der Waals surface area (Å²) in [7, 11) is 0. The van der Waals surface area contributed by atoms with E-state index in [1.165, 1.54) is 28.0 Å². The van der Waals surface area contributed by atoms with Gasteiger partial charge in [0.2, 0.25) is 5.91 Å². The van der Waals surface area contributed by atoms with Crippen LogP contribution in [0.25, 0.3) is 0 Å². The predicted molar refractivity (Wildman–Crippen MR) is 174 cm³/mol. The van der Waals surface area contributed by atoms with Gasteiger partial charge in [0.05, 0.1) is 16.9 Å². The summed E-state index contributed by atoms with van der Waals surface area (Å²) in [6, 6.07) is 22.1. The lowest BCUT2D eigenvalue weighted by molar-refractivity contribution is -0.154. The van der Waals surface area contributed by atoms with Gasteiger partial charge in [-0.15, -0.1) is 23.1 Å². The molecule has 236 valence electrons. The average molecular weight is 666 g/mol. The number of thioether (sulfide) groups is 1. The molecule has 1 fully saturated rings. The molecule has 11 heteroatoms. The minimum absolute atomic E-state index is 0.0360. The van der Waals surface area contributed by atoms with Crippen molar-refractivity contribution in [1.29, 1.82) is 0 Å². The van der Waals surface area contributed by atoms with E-state index in [1.807, 2.05) is 54.8 Å². The van der Waals surface area contributed by atoms with Crippen LogP contribution >= 0.6 is 23.1 Å². The van der Waals surface area contributed by atoms with Crippen molar-refractivity contribution in [2.45, 2.75) is 30.7 Å². The first kappa shape index (κ1) is 29.5. The summed E-state index contributed by atoms with van der Waals surface area (Å²) in [6.07, 6.45) is 0.355. The number of aryl methyl sites for hydroxylation is 1. The van der Waals surface area contributed by atoms with E-state index >= 15 is 0 Å². The number of rotatable bonds is 8. The van der Waals surface area contributed by atoms with Gasteiger partial charge in [-0.2, -0.15) is 0 Å². The minimum atomic E-state index is -1.21. The summed E-state index contributed by atoms with van der Waals surface area (Å²) in [5, 5.41) is 11.6. The highest BCUT2D eigenvalue weighted by Gasteiger charge is 2.55. The standard InChI is InChI=1S/C36H27NO8S2/c1-19-8-10-27-29(13-19)44-30-16-22(9-11-28(30)36(27)26-7-3-2-6-24(26)35(42)45-36)43-17-20-18-47-33-25(32(39)37(33)31(20)34(40)41)15-21(38)14-23-5-4-12-46-23/h2-13,16,25,33H,14-15,17-18H2,1H3,(H,40,41). The largest absolute Gasteiger partial charge is 0.489 e. The smallest absolute Gasteiger partial charge is 0.352 e. The Kier molecular flexibility index (Phi) is 6.99. The van der Waals surface area contributed by atoms with Crippen LogP contribution in [0.1, 0.15) is 43.9 Å². The molecule has 0 radical (unpaired) electrons. The third-order valence-electron chi connectivity index (χ3n) is 9.01. The lowest BCUT2D eigenvalue weighted by atomic mass is 9.77. The van der Waals surface area contributed by atoms with Gasteiger partial charge in [-0.1, -0.05) is 36.4 Å². The Bertz CT molecular complexity index is 2040. The van der Waals surface area contributed by atoms with Crippen LogP contribution < -0.4 is 9.47 Å². The second-order valence-electron chi connectivity index (χ2n) is 11.9. The zero-order valence-electron chi connectivity index (χ0n) is 25.1. The van der Waals surface area contributed by atoms with Crippen molar-refractivity contribution < 1.29 is 38.5 Å². The number of fused-ring (bicyclic) bond motifs is 7. The number of hydrogen-bond acceptors (Lipinski definition) is 9. The molecule has 3 aromatic carbocycles. The summed E-state index contributed by atoms with van der Waals surface area (Å²) in [6.45, 7) is 1.89. The molecular formula is C36H27NO8S2. The Morgan fingerprint density at radius 2 is 1.79 bits per heavy atom. The maximum atomic E-state index is 13.2. The van der Waals surface area contributed by atoms with Crippen LogP contribution in [-0.2, 0) is 31.1 Å². The number of ether oxygens (including phenoxy) is 3. The third kappa shape index (κ3) is 4.67. The zero-order chi connectivity index (χ0) is 32.4. The van der Waals surface area contributed by atoms with Crippen LogP contribution in [0.5, 0.6) is 17.2 Å². The molecule has 8 rings (SSSR count). The molecule has 4 aliphatic rings. The number of carbonyl (C=O) groups is 4. The number of thiophene rings is 1. The lowest BCUT2D eigenvalue weighted by Crippen LogP contribution is -2.62. The molecule has 3 unspecified atom stereocenters.